The van der Waals surface area contributed by atoms with E-state index in [1.165, 1.54) is 12.1 Å². The fourth-order valence-electron chi connectivity index (χ4n) is 7.10. The third kappa shape index (κ3) is 6.37. The number of piperidine rings is 2. The number of benzene rings is 2. The molecule has 5 rings (SSSR count). The van der Waals surface area contributed by atoms with Gasteiger partial charge in [0, 0.05) is 12.1 Å². The predicted molar refractivity (Wildman–Crippen MR) is 138 cm³/mol. The van der Waals surface area contributed by atoms with Gasteiger partial charge in [-0.15, -0.1) is 0 Å². The highest BCUT2D eigenvalue weighted by Gasteiger charge is 2.43. The SMILES string of the molecule is O=C(O)C1CC2CCC[C@@H](C1)N2CCCc1ccc2c(C(F)(F)F)c(OC3CCC(C(F)(F)F)CC3)ccc2c1. The lowest BCUT2D eigenvalue weighted by molar-refractivity contribution is -0.185. The molecule has 3 atom stereocenters. The van der Waals surface area contributed by atoms with Crippen LogP contribution in [0.2, 0.25) is 0 Å². The third-order valence-corrected chi connectivity index (χ3v) is 9.12. The van der Waals surface area contributed by atoms with Crippen LogP contribution >= 0.6 is 0 Å². The number of carboxylic acids is 1. The molecule has 2 aliphatic heterocycles. The molecule has 4 nitrogen and oxygen atoms in total. The molecule has 2 heterocycles. The number of aryl methyl sites for hydroxylation is 1. The Morgan fingerprint density at radius 2 is 1.60 bits per heavy atom. The summed E-state index contributed by atoms with van der Waals surface area (Å²) in [5, 5.41) is 9.92. The largest absolute Gasteiger partial charge is 0.490 e. The van der Waals surface area contributed by atoms with E-state index in [4.69, 9.17) is 4.74 Å². The van der Waals surface area contributed by atoms with Gasteiger partial charge in [0.25, 0.3) is 0 Å². The number of nitrogens with zero attached hydrogens (tertiary/aromatic N) is 1. The molecular weight excluding hydrogens is 536 g/mol. The number of hydrogen-bond acceptors (Lipinski definition) is 3. The van der Waals surface area contributed by atoms with Crippen LogP contribution in [0.1, 0.15) is 75.3 Å². The summed E-state index contributed by atoms with van der Waals surface area (Å²) in [5.74, 6) is -2.76. The zero-order valence-electron chi connectivity index (χ0n) is 22.2. The number of halogens is 6. The van der Waals surface area contributed by atoms with Crippen LogP contribution in [0.5, 0.6) is 5.75 Å². The number of fused-ring (bicyclic) bond motifs is 3. The molecule has 1 aliphatic carbocycles. The summed E-state index contributed by atoms with van der Waals surface area (Å²) >= 11 is 0. The van der Waals surface area contributed by atoms with E-state index in [-0.39, 0.29) is 54.8 Å². The van der Waals surface area contributed by atoms with E-state index in [0.29, 0.717) is 24.6 Å². The van der Waals surface area contributed by atoms with Gasteiger partial charge in [0.05, 0.1) is 17.9 Å². The van der Waals surface area contributed by atoms with E-state index >= 15 is 0 Å². The van der Waals surface area contributed by atoms with Crippen LogP contribution in [-0.4, -0.2) is 46.9 Å². The molecule has 10 heteroatoms. The van der Waals surface area contributed by atoms with Crippen LogP contribution in [0.3, 0.4) is 0 Å². The first-order valence-electron chi connectivity index (χ1n) is 14.2. The minimum atomic E-state index is -4.68. The predicted octanol–water partition coefficient (Wildman–Crippen LogP) is 8.01. The maximum atomic E-state index is 14.2. The van der Waals surface area contributed by atoms with E-state index in [1.807, 2.05) is 0 Å². The van der Waals surface area contributed by atoms with Crippen molar-refractivity contribution >= 4 is 16.7 Å². The summed E-state index contributed by atoms with van der Waals surface area (Å²) < 4.78 is 87.1. The van der Waals surface area contributed by atoms with Crippen molar-refractivity contribution in [2.75, 3.05) is 6.54 Å². The highest BCUT2D eigenvalue weighted by atomic mass is 19.4. The summed E-state index contributed by atoms with van der Waals surface area (Å²) in [7, 11) is 0. The zero-order chi connectivity index (χ0) is 28.7. The number of rotatable bonds is 7. The Morgan fingerprint density at radius 1 is 0.925 bits per heavy atom. The second-order valence-electron chi connectivity index (χ2n) is 11.7. The minimum Gasteiger partial charge on any atom is -0.490 e. The number of hydrogen-bond donors (Lipinski definition) is 1. The average Bonchev–Trinajstić information content (AvgIpc) is 2.87. The number of carbonyl (C=O) groups is 1. The fraction of sp³-hybridized carbons (Fsp3) is 0.633. The lowest BCUT2D eigenvalue weighted by Crippen LogP contribution is -2.53. The standard InChI is InChI=1S/C30H35F6NO3/c31-29(32,33)21-8-10-24(11-9-21)40-26-13-7-19-15-18(6-12-25(19)27(26)30(34,35)36)3-2-14-37-22-4-1-5-23(37)17-20(16-22)28(38)39/h6-7,12-13,15,20-24H,1-5,8-11,14,16-17H2,(H,38,39)/t20?,21?,22-,23?,24?/m0/s1. The van der Waals surface area contributed by atoms with Gasteiger partial charge in [-0.3, -0.25) is 9.69 Å². The summed E-state index contributed by atoms with van der Waals surface area (Å²) in [6.07, 6.45) is -3.83. The Balaban J connectivity index is 1.25. The Hall–Kier alpha value is -2.49. The van der Waals surface area contributed by atoms with Crippen LogP contribution in [0.4, 0.5) is 26.3 Å². The molecule has 1 N–H and O–H groups in total. The molecule has 3 fully saturated rings. The summed E-state index contributed by atoms with van der Waals surface area (Å²) in [6, 6.07) is 8.37. The smallest absolute Gasteiger partial charge is 0.420 e. The second-order valence-corrected chi connectivity index (χ2v) is 11.7. The Kier molecular flexibility index (Phi) is 8.28. The van der Waals surface area contributed by atoms with Crippen molar-refractivity contribution in [3.8, 4) is 5.75 Å². The molecule has 2 saturated heterocycles. The molecule has 0 amide bonds. The summed E-state index contributed by atoms with van der Waals surface area (Å²) in [6.45, 7) is 0.830. The van der Waals surface area contributed by atoms with Crippen molar-refractivity contribution in [3.05, 3.63) is 41.5 Å². The van der Waals surface area contributed by atoms with Gasteiger partial charge in [-0.2, -0.15) is 26.3 Å². The van der Waals surface area contributed by atoms with Crippen LogP contribution < -0.4 is 4.74 Å². The molecule has 0 aromatic heterocycles. The molecular formula is C30H35F6NO3. The van der Waals surface area contributed by atoms with Gasteiger partial charge in [-0.1, -0.05) is 30.7 Å². The normalized spacial score (nSPS) is 28.0. The van der Waals surface area contributed by atoms with Crippen LogP contribution in [0.15, 0.2) is 30.3 Å². The Bertz CT molecular complexity index is 1190. The van der Waals surface area contributed by atoms with Crippen molar-refractivity contribution in [2.45, 2.75) is 101 Å². The lowest BCUT2D eigenvalue weighted by Gasteiger charge is -2.48. The topological polar surface area (TPSA) is 49.8 Å². The molecule has 2 aromatic carbocycles. The van der Waals surface area contributed by atoms with Crippen LogP contribution in [0.25, 0.3) is 10.8 Å². The molecule has 40 heavy (non-hydrogen) atoms. The molecule has 0 spiro atoms. The summed E-state index contributed by atoms with van der Waals surface area (Å²) in [4.78, 5) is 14.0. The second kappa shape index (κ2) is 11.4. The monoisotopic (exact) mass is 571 g/mol. The van der Waals surface area contributed by atoms with Crippen LogP contribution in [-0.2, 0) is 17.4 Å². The molecule has 2 bridgehead atoms. The summed E-state index contributed by atoms with van der Waals surface area (Å²) in [5.41, 5.74) is 0.0361. The maximum absolute atomic E-state index is 14.2. The first kappa shape index (κ1) is 29.0. The Morgan fingerprint density at radius 3 is 2.20 bits per heavy atom. The van der Waals surface area contributed by atoms with Crippen molar-refractivity contribution in [1.29, 1.82) is 0 Å². The molecule has 220 valence electrons. The number of ether oxygens (including phenoxy) is 1. The number of aliphatic carboxylic acids is 1. The van der Waals surface area contributed by atoms with Crippen molar-refractivity contribution in [2.24, 2.45) is 11.8 Å². The van der Waals surface area contributed by atoms with E-state index in [2.05, 4.69) is 4.90 Å². The molecule has 2 aromatic rings. The maximum Gasteiger partial charge on any atom is 0.420 e. The Labute approximate surface area is 229 Å². The van der Waals surface area contributed by atoms with Gasteiger partial charge < -0.3 is 9.84 Å². The van der Waals surface area contributed by atoms with E-state index in [9.17, 15) is 36.2 Å². The van der Waals surface area contributed by atoms with E-state index in [1.54, 1.807) is 18.2 Å². The molecule has 1 saturated carbocycles. The van der Waals surface area contributed by atoms with Gasteiger partial charge in [0.15, 0.2) is 0 Å². The van der Waals surface area contributed by atoms with Crippen molar-refractivity contribution in [1.82, 2.24) is 4.90 Å². The number of carboxylic acid groups (broad SMARTS) is 1. The van der Waals surface area contributed by atoms with Gasteiger partial charge in [0.1, 0.15) is 11.3 Å². The first-order chi connectivity index (χ1) is 18.9. The molecule has 0 radical (unpaired) electrons. The van der Waals surface area contributed by atoms with Gasteiger partial charge in [-0.05, 0) is 93.2 Å². The average molecular weight is 572 g/mol. The molecule has 3 aliphatic rings. The van der Waals surface area contributed by atoms with E-state index < -0.39 is 35.9 Å². The first-order valence-corrected chi connectivity index (χ1v) is 14.2. The molecule has 2 unspecified atom stereocenters. The quantitative estimate of drug-likeness (QED) is 0.342. The number of alkyl halides is 6. The lowest BCUT2D eigenvalue weighted by atomic mass is 9.78. The third-order valence-electron chi connectivity index (χ3n) is 9.12. The van der Waals surface area contributed by atoms with Crippen LogP contribution in [0, 0.1) is 11.8 Å². The highest BCUT2D eigenvalue weighted by Crippen LogP contribution is 2.44. The van der Waals surface area contributed by atoms with Gasteiger partial charge >= 0.3 is 18.3 Å². The van der Waals surface area contributed by atoms with Crippen molar-refractivity contribution in [3.63, 3.8) is 0 Å². The minimum absolute atomic E-state index is 0.0167. The zero-order valence-corrected chi connectivity index (χ0v) is 22.2. The van der Waals surface area contributed by atoms with Gasteiger partial charge in [-0.25, -0.2) is 0 Å². The van der Waals surface area contributed by atoms with Crippen molar-refractivity contribution < 1.29 is 41.0 Å². The fourth-order valence-corrected chi connectivity index (χ4v) is 7.10. The van der Waals surface area contributed by atoms with E-state index in [0.717, 1.165) is 37.8 Å². The highest BCUT2D eigenvalue weighted by molar-refractivity contribution is 5.89. The van der Waals surface area contributed by atoms with Gasteiger partial charge in [0.2, 0.25) is 0 Å².